The summed E-state index contributed by atoms with van der Waals surface area (Å²) in [6, 6.07) is 8.61. The minimum absolute atomic E-state index is 0.411. The highest BCUT2D eigenvalue weighted by Crippen LogP contribution is 2.13. The average Bonchev–Trinajstić information content (AvgIpc) is 2.30. The first kappa shape index (κ1) is 13.4. The van der Waals surface area contributed by atoms with Gasteiger partial charge in [0.25, 0.3) is 0 Å². The average molecular weight is 236 g/mol. The monoisotopic (exact) mass is 236 g/mol. The lowest BCUT2D eigenvalue weighted by Gasteiger charge is -2.19. The Morgan fingerprint density at radius 3 is 2.41 bits per heavy atom. The van der Waals surface area contributed by atoms with Crippen molar-refractivity contribution in [3.63, 3.8) is 0 Å². The molecule has 0 saturated heterocycles. The number of hydrogen-bond acceptors (Lipinski definition) is 4. The zero-order valence-electron chi connectivity index (χ0n) is 9.92. The van der Waals surface area contributed by atoms with Crippen molar-refractivity contribution in [3.8, 4) is 5.75 Å². The summed E-state index contributed by atoms with van der Waals surface area (Å²) >= 11 is 0. The van der Waals surface area contributed by atoms with E-state index in [1.54, 1.807) is 31.2 Å². The third-order valence-corrected chi connectivity index (χ3v) is 2.24. The summed E-state index contributed by atoms with van der Waals surface area (Å²) in [5, 5.41) is 9.71. The summed E-state index contributed by atoms with van der Waals surface area (Å²) in [7, 11) is 1.34. The van der Waals surface area contributed by atoms with Gasteiger partial charge in [-0.15, -0.1) is 0 Å². The smallest absolute Gasteiger partial charge is 0.343 e. The van der Waals surface area contributed by atoms with E-state index >= 15 is 0 Å². The Kier molecular flexibility index (Phi) is 4.87. The van der Waals surface area contributed by atoms with E-state index in [1.807, 2.05) is 6.07 Å². The van der Waals surface area contributed by atoms with Crippen molar-refractivity contribution < 1.29 is 19.4 Å². The quantitative estimate of drug-likeness (QED) is 0.478. The van der Waals surface area contributed by atoms with Gasteiger partial charge in [0.2, 0.25) is 0 Å². The second-order valence-corrected chi connectivity index (χ2v) is 3.68. The number of methoxy groups -OCH3 is 1. The number of ether oxygens (including phenoxy) is 2. The number of aliphatic hydroxyl groups is 1. The van der Waals surface area contributed by atoms with Gasteiger partial charge in [0, 0.05) is 7.11 Å². The molecule has 17 heavy (non-hydrogen) atoms. The Labute approximate surface area is 100 Å². The van der Waals surface area contributed by atoms with Crippen LogP contribution in [0.15, 0.2) is 42.5 Å². The normalized spacial score (nSPS) is 13.8. The predicted molar refractivity (Wildman–Crippen MR) is 63.7 cm³/mol. The summed E-state index contributed by atoms with van der Waals surface area (Å²) in [5.41, 5.74) is 0.446. The van der Waals surface area contributed by atoms with Crippen LogP contribution >= 0.6 is 0 Å². The van der Waals surface area contributed by atoms with Gasteiger partial charge in [-0.05, 0) is 24.6 Å². The van der Waals surface area contributed by atoms with Gasteiger partial charge >= 0.3 is 5.97 Å². The molecule has 0 bridgehead atoms. The Balaban J connectivity index is 2.71. The van der Waals surface area contributed by atoms with Gasteiger partial charge in [-0.3, -0.25) is 0 Å². The van der Waals surface area contributed by atoms with Crippen molar-refractivity contribution in [2.45, 2.75) is 19.1 Å². The summed E-state index contributed by atoms with van der Waals surface area (Å²) in [5.74, 6) is -0.234. The van der Waals surface area contributed by atoms with Crippen molar-refractivity contribution in [2.75, 3.05) is 7.11 Å². The molecule has 1 aromatic rings. The molecular formula is C13H16O4. The zero-order chi connectivity index (χ0) is 12.8. The standard InChI is InChI=1S/C13H16O4/c1-9(2)11(14)12(16-3)13(15)17-10-7-5-4-6-8-10/h4-8,11-12,14H,1H2,2-3H3/t11-,12+/m0/s1. The number of para-hydroxylation sites is 1. The molecule has 4 heteroatoms. The summed E-state index contributed by atoms with van der Waals surface area (Å²) < 4.78 is 10.00. The number of carbonyl (C=O) groups is 1. The lowest BCUT2D eigenvalue weighted by Crippen LogP contribution is -2.39. The number of rotatable bonds is 5. The number of carbonyl (C=O) groups excluding carboxylic acids is 1. The molecule has 1 rings (SSSR count). The minimum Gasteiger partial charge on any atom is -0.425 e. The van der Waals surface area contributed by atoms with Crippen LogP contribution in [0, 0.1) is 0 Å². The molecule has 0 unspecified atom stereocenters. The van der Waals surface area contributed by atoms with Gasteiger partial charge in [0.15, 0.2) is 6.10 Å². The second kappa shape index (κ2) is 6.18. The molecule has 0 radical (unpaired) electrons. The molecule has 0 amide bonds. The number of hydrogen-bond donors (Lipinski definition) is 1. The van der Waals surface area contributed by atoms with E-state index in [4.69, 9.17) is 9.47 Å². The summed E-state index contributed by atoms with van der Waals surface area (Å²) in [6.45, 7) is 5.19. The third kappa shape index (κ3) is 3.69. The Morgan fingerprint density at radius 2 is 1.94 bits per heavy atom. The Morgan fingerprint density at radius 1 is 1.35 bits per heavy atom. The lowest BCUT2D eigenvalue weighted by molar-refractivity contribution is -0.151. The topological polar surface area (TPSA) is 55.8 Å². The Bertz CT molecular complexity index is 386. The maximum absolute atomic E-state index is 11.7. The van der Waals surface area contributed by atoms with Crippen molar-refractivity contribution in [2.24, 2.45) is 0 Å². The SMILES string of the molecule is C=C(C)[C@H](O)[C@@H](OC)C(=O)Oc1ccccc1. The maximum Gasteiger partial charge on any atom is 0.343 e. The minimum atomic E-state index is -1.07. The second-order valence-electron chi connectivity index (χ2n) is 3.68. The van der Waals surface area contributed by atoms with Gasteiger partial charge in [0.05, 0.1) is 0 Å². The van der Waals surface area contributed by atoms with Gasteiger partial charge in [0.1, 0.15) is 11.9 Å². The molecule has 0 spiro atoms. The molecule has 0 fully saturated rings. The largest absolute Gasteiger partial charge is 0.425 e. The van der Waals surface area contributed by atoms with E-state index < -0.39 is 18.2 Å². The van der Waals surface area contributed by atoms with Crippen LogP contribution in [0.1, 0.15) is 6.92 Å². The lowest BCUT2D eigenvalue weighted by atomic mass is 10.1. The maximum atomic E-state index is 11.7. The molecule has 0 saturated carbocycles. The highest BCUT2D eigenvalue weighted by molar-refractivity contribution is 5.78. The molecule has 0 heterocycles. The highest BCUT2D eigenvalue weighted by Gasteiger charge is 2.29. The van der Waals surface area contributed by atoms with Crippen LogP contribution < -0.4 is 4.74 Å². The number of aliphatic hydroxyl groups excluding tert-OH is 1. The first-order chi connectivity index (χ1) is 8.06. The fraction of sp³-hybridized carbons (Fsp3) is 0.308. The predicted octanol–water partition coefficient (Wildman–Crippen LogP) is 1.54. The highest BCUT2D eigenvalue weighted by atomic mass is 16.6. The molecular weight excluding hydrogens is 220 g/mol. The van der Waals surface area contributed by atoms with Crippen molar-refractivity contribution in [3.05, 3.63) is 42.5 Å². The van der Waals surface area contributed by atoms with Crippen LogP contribution in [0.5, 0.6) is 5.75 Å². The van der Waals surface area contributed by atoms with Crippen LogP contribution in [-0.2, 0) is 9.53 Å². The molecule has 0 aliphatic rings. The van der Waals surface area contributed by atoms with Crippen LogP contribution in [-0.4, -0.2) is 30.4 Å². The molecule has 2 atom stereocenters. The first-order valence-corrected chi connectivity index (χ1v) is 5.19. The molecule has 0 aromatic heterocycles. The van der Waals surface area contributed by atoms with Crippen LogP contribution in [0.25, 0.3) is 0 Å². The van der Waals surface area contributed by atoms with E-state index in [0.29, 0.717) is 11.3 Å². The van der Waals surface area contributed by atoms with E-state index in [-0.39, 0.29) is 0 Å². The van der Waals surface area contributed by atoms with Gasteiger partial charge in [-0.25, -0.2) is 4.79 Å². The van der Waals surface area contributed by atoms with Crippen molar-refractivity contribution >= 4 is 5.97 Å². The van der Waals surface area contributed by atoms with E-state index in [2.05, 4.69) is 6.58 Å². The number of esters is 1. The van der Waals surface area contributed by atoms with Crippen LogP contribution in [0.2, 0.25) is 0 Å². The molecule has 1 N–H and O–H groups in total. The van der Waals surface area contributed by atoms with E-state index in [9.17, 15) is 9.90 Å². The molecule has 92 valence electrons. The zero-order valence-corrected chi connectivity index (χ0v) is 9.92. The first-order valence-electron chi connectivity index (χ1n) is 5.19. The van der Waals surface area contributed by atoms with Gasteiger partial charge < -0.3 is 14.6 Å². The molecule has 0 aliphatic heterocycles. The summed E-state index contributed by atoms with van der Waals surface area (Å²) in [4.78, 5) is 11.7. The fourth-order valence-corrected chi connectivity index (χ4v) is 1.28. The third-order valence-electron chi connectivity index (χ3n) is 2.24. The van der Waals surface area contributed by atoms with Crippen LogP contribution in [0.3, 0.4) is 0 Å². The number of benzene rings is 1. The van der Waals surface area contributed by atoms with Gasteiger partial charge in [-0.2, -0.15) is 0 Å². The molecule has 1 aromatic carbocycles. The fourth-order valence-electron chi connectivity index (χ4n) is 1.28. The van der Waals surface area contributed by atoms with Crippen molar-refractivity contribution in [1.29, 1.82) is 0 Å². The van der Waals surface area contributed by atoms with Crippen LogP contribution in [0.4, 0.5) is 0 Å². The Hall–Kier alpha value is -1.65. The van der Waals surface area contributed by atoms with Gasteiger partial charge in [-0.1, -0.05) is 24.8 Å². The van der Waals surface area contributed by atoms with Crippen molar-refractivity contribution in [1.82, 2.24) is 0 Å². The summed E-state index contributed by atoms with van der Waals surface area (Å²) in [6.07, 6.45) is -2.14. The molecule has 0 aliphatic carbocycles. The van der Waals surface area contributed by atoms with E-state index in [0.717, 1.165) is 0 Å². The molecule has 4 nitrogen and oxygen atoms in total. The van der Waals surface area contributed by atoms with E-state index in [1.165, 1.54) is 7.11 Å².